The summed E-state index contributed by atoms with van der Waals surface area (Å²) in [5, 5.41) is 26.0. The van der Waals surface area contributed by atoms with E-state index in [1.807, 2.05) is 0 Å². The largest absolute Gasteiger partial charge is 0.391 e. The summed E-state index contributed by atoms with van der Waals surface area (Å²) in [6, 6.07) is 0. The molecule has 19 heavy (non-hydrogen) atoms. The summed E-state index contributed by atoms with van der Waals surface area (Å²) in [5.41, 5.74) is -0.164. The highest BCUT2D eigenvalue weighted by atomic mass is 16.6. The van der Waals surface area contributed by atoms with E-state index >= 15 is 0 Å². The Bertz CT molecular complexity index is 433. The fraction of sp³-hybridized carbons (Fsp3) is 0.600. The second kappa shape index (κ2) is 7.44. The summed E-state index contributed by atoms with van der Waals surface area (Å²) in [6.07, 6.45) is 2.00. The number of methoxy groups -OCH3 is 1. The van der Waals surface area contributed by atoms with Crippen molar-refractivity contribution in [3.8, 4) is 0 Å². The predicted molar refractivity (Wildman–Crippen MR) is 64.4 cm³/mol. The third kappa shape index (κ3) is 5.44. The van der Waals surface area contributed by atoms with E-state index in [-0.39, 0.29) is 24.7 Å². The zero-order valence-corrected chi connectivity index (χ0v) is 10.5. The number of ether oxygens (including phenoxy) is 1. The van der Waals surface area contributed by atoms with Gasteiger partial charge in [0, 0.05) is 13.7 Å². The maximum absolute atomic E-state index is 11.5. The van der Waals surface area contributed by atoms with Gasteiger partial charge in [0.05, 0.1) is 17.6 Å². The molecule has 0 aliphatic rings. The van der Waals surface area contributed by atoms with Gasteiger partial charge >= 0.3 is 5.69 Å². The van der Waals surface area contributed by atoms with Crippen LogP contribution in [0.1, 0.15) is 6.42 Å². The third-order valence-electron chi connectivity index (χ3n) is 2.29. The van der Waals surface area contributed by atoms with Gasteiger partial charge in [0.1, 0.15) is 18.9 Å². The van der Waals surface area contributed by atoms with Gasteiger partial charge in [-0.1, -0.05) is 0 Å². The van der Waals surface area contributed by atoms with Gasteiger partial charge in [-0.15, -0.1) is 0 Å². The number of rotatable bonds is 8. The molecule has 0 aliphatic heterocycles. The molecule has 9 heteroatoms. The molecule has 2 N–H and O–H groups in total. The number of nitro groups is 1. The van der Waals surface area contributed by atoms with Crippen molar-refractivity contribution in [1.82, 2.24) is 15.1 Å². The lowest BCUT2D eigenvalue weighted by atomic mass is 10.2. The average Bonchev–Trinajstić information content (AvgIpc) is 2.78. The lowest BCUT2D eigenvalue weighted by Crippen LogP contribution is -2.31. The van der Waals surface area contributed by atoms with Crippen molar-refractivity contribution < 1.29 is 19.6 Å². The first-order valence-electron chi connectivity index (χ1n) is 5.63. The Labute approximate surface area is 109 Å². The summed E-state index contributed by atoms with van der Waals surface area (Å²) in [5.74, 6) is -0.331. The van der Waals surface area contributed by atoms with Gasteiger partial charge in [0.2, 0.25) is 5.91 Å². The van der Waals surface area contributed by atoms with Crippen molar-refractivity contribution in [2.45, 2.75) is 19.1 Å². The molecule has 0 saturated carbocycles. The third-order valence-corrected chi connectivity index (χ3v) is 2.29. The number of carbonyl (C=O) groups is 1. The first kappa shape index (κ1) is 15.1. The summed E-state index contributed by atoms with van der Waals surface area (Å²) >= 11 is 0. The highest BCUT2D eigenvalue weighted by Gasteiger charge is 2.11. The van der Waals surface area contributed by atoms with E-state index < -0.39 is 11.0 Å². The van der Waals surface area contributed by atoms with Gasteiger partial charge in [-0.2, -0.15) is 5.10 Å². The molecule has 0 radical (unpaired) electrons. The van der Waals surface area contributed by atoms with Crippen LogP contribution in [-0.2, 0) is 16.1 Å². The number of aliphatic hydroxyl groups is 1. The molecule has 0 saturated heterocycles. The Morgan fingerprint density at radius 1 is 1.74 bits per heavy atom. The van der Waals surface area contributed by atoms with E-state index in [1.54, 1.807) is 0 Å². The van der Waals surface area contributed by atoms with Crippen LogP contribution in [0.25, 0.3) is 0 Å². The van der Waals surface area contributed by atoms with E-state index in [2.05, 4.69) is 10.4 Å². The summed E-state index contributed by atoms with van der Waals surface area (Å²) in [7, 11) is 1.48. The molecule has 1 atom stereocenters. The van der Waals surface area contributed by atoms with Crippen molar-refractivity contribution in [2.24, 2.45) is 0 Å². The number of aliphatic hydroxyl groups excluding tert-OH is 1. The normalized spacial score (nSPS) is 12.1. The fourth-order valence-corrected chi connectivity index (χ4v) is 1.39. The van der Waals surface area contributed by atoms with E-state index in [9.17, 15) is 20.0 Å². The van der Waals surface area contributed by atoms with Crippen LogP contribution in [0.5, 0.6) is 0 Å². The molecule has 0 fully saturated rings. The maximum Gasteiger partial charge on any atom is 0.307 e. The number of nitrogens with one attached hydrogen (secondary N) is 1. The van der Waals surface area contributed by atoms with E-state index in [1.165, 1.54) is 18.0 Å². The van der Waals surface area contributed by atoms with Crippen LogP contribution in [0.3, 0.4) is 0 Å². The quantitative estimate of drug-likeness (QED) is 0.477. The van der Waals surface area contributed by atoms with Crippen molar-refractivity contribution in [3.05, 3.63) is 22.5 Å². The lowest BCUT2D eigenvalue weighted by molar-refractivity contribution is -0.385. The lowest BCUT2D eigenvalue weighted by Gasteiger charge is -2.09. The molecule has 1 aromatic heterocycles. The van der Waals surface area contributed by atoms with E-state index in [4.69, 9.17) is 4.74 Å². The Hall–Kier alpha value is -2.00. The van der Waals surface area contributed by atoms with E-state index in [0.29, 0.717) is 13.0 Å². The molecule has 106 valence electrons. The van der Waals surface area contributed by atoms with Gasteiger partial charge in [-0.05, 0) is 6.42 Å². The Morgan fingerprint density at radius 2 is 2.47 bits per heavy atom. The monoisotopic (exact) mass is 272 g/mol. The summed E-state index contributed by atoms with van der Waals surface area (Å²) in [6.45, 7) is 0.405. The Balaban J connectivity index is 2.28. The van der Waals surface area contributed by atoms with Crippen LogP contribution < -0.4 is 5.32 Å². The molecular weight excluding hydrogens is 256 g/mol. The van der Waals surface area contributed by atoms with Crippen LogP contribution in [-0.4, -0.2) is 52.1 Å². The van der Waals surface area contributed by atoms with Gasteiger partial charge in [0.15, 0.2) is 0 Å². The molecule has 0 bridgehead atoms. The number of amides is 1. The summed E-state index contributed by atoms with van der Waals surface area (Å²) in [4.78, 5) is 21.3. The predicted octanol–water partition coefficient (Wildman–Crippen LogP) is -0.695. The molecule has 1 unspecified atom stereocenters. The minimum Gasteiger partial charge on any atom is -0.391 e. The summed E-state index contributed by atoms with van der Waals surface area (Å²) < 4.78 is 5.92. The Morgan fingerprint density at radius 3 is 3.05 bits per heavy atom. The molecular formula is C10H16N4O5. The average molecular weight is 272 g/mol. The van der Waals surface area contributed by atoms with Crippen LogP contribution >= 0.6 is 0 Å². The van der Waals surface area contributed by atoms with E-state index in [0.717, 1.165) is 6.20 Å². The van der Waals surface area contributed by atoms with Gasteiger partial charge < -0.3 is 15.2 Å². The molecule has 1 rings (SSSR count). The first-order chi connectivity index (χ1) is 9.02. The van der Waals surface area contributed by atoms with Crippen LogP contribution in [0.4, 0.5) is 5.69 Å². The number of carbonyl (C=O) groups excluding carboxylic acids is 1. The van der Waals surface area contributed by atoms with Crippen molar-refractivity contribution in [2.75, 3.05) is 20.3 Å². The number of hydrogen-bond acceptors (Lipinski definition) is 6. The standard InChI is InChI=1S/C10H16N4O5/c1-19-7-9(15)2-3-11-10(16)6-13-5-8(4-12-13)14(17)18/h4-5,9,15H,2-3,6-7H2,1H3,(H,11,16). The molecule has 0 spiro atoms. The van der Waals surface area contributed by atoms with Crippen LogP contribution in [0, 0.1) is 10.1 Å². The zero-order valence-electron chi connectivity index (χ0n) is 10.5. The number of nitrogens with zero attached hydrogens (tertiary/aromatic N) is 3. The zero-order chi connectivity index (χ0) is 14.3. The minimum atomic E-state index is -0.629. The number of hydrogen-bond donors (Lipinski definition) is 2. The topological polar surface area (TPSA) is 120 Å². The fourth-order valence-electron chi connectivity index (χ4n) is 1.39. The highest BCUT2D eigenvalue weighted by molar-refractivity contribution is 5.75. The maximum atomic E-state index is 11.5. The Kier molecular flexibility index (Phi) is 5.90. The van der Waals surface area contributed by atoms with Crippen LogP contribution in [0.15, 0.2) is 12.4 Å². The van der Waals surface area contributed by atoms with Crippen LogP contribution in [0.2, 0.25) is 0 Å². The molecule has 0 aromatic carbocycles. The minimum absolute atomic E-state index is 0.103. The first-order valence-corrected chi connectivity index (χ1v) is 5.63. The smallest absolute Gasteiger partial charge is 0.307 e. The molecule has 1 heterocycles. The number of aromatic nitrogens is 2. The molecule has 1 amide bonds. The van der Waals surface area contributed by atoms with Gasteiger partial charge in [-0.3, -0.25) is 19.6 Å². The van der Waals surface area contributed by atoms with Crippen molar-refractivity contribution in [3.63, 3.8) is 0 Å². The van der Waals surface area contributed by atoms with Crippen molar-refractivity contribution in [1.29, 1.82) is 0 Å². The molecule has 0 aliphatic carbocycles. The highest BCUT2D eigenvalue weighted by Crippen LogP contribution is 2.07. The van der Waals surface area contributed by atoms with Crippen molar-refractivity contribution >= 4 is 11.6 Å². The SMILES string of the molecule is COCC(O)CCNC(=O)Cn1cc([N+](=O)[O-])cn1. The second-order valence-corrected chi connectivity index (χ2v) is 3.90. The van der Waals surface area contributed by atoms with Gasteiger partial charge in [0.25, 0.3) is 0 Å². The second-order valence-electron chi connectivity index (χ2n) is 3.90. The van der Waals surface area contributed by atoms with Gasteiger partial charge in [-0.25, -0.2) is 0 Å². The molecule has 1 aromatic rings. The molecule has 9 nitrogen and oxygen atoms in total.